The first kappa shape index (κ1) is 61.9. The summed E-state index contributed by atoms with van der Waals surface area (Å²) in [5, 5.41) is 155. The summed E-state index contributed by atoms with van der Waals surface area (Å²) >= 11 is 0. The minimum Gasteiger partial charge on any atom is -0.467 e. The number of hydrogen-bond acceptors (Lipinski definition) is 24. The van der Waals surface area contributed by atoms with E-state index in [4.69, 9.17) is 42.6 Å². The Morgan fingerprint density at radius 1 is 0.582 bits per heavy atom. The smallest absolute Gasteiger partial charge is 0.337 e. The van der Waals surface area contributed by atoms with Gasteiger partial charge in [0.2, 0.25) is 0 Å². The molecule has 32 atom stereocenters. The van der Waals surface area contributed by atoms with Crippen molar-refractivity contribution >= 4 is 5.97 Å². The van der Waals surface area contributed by atoms with E-state index in [1.165, 1.54) is 12.5 Å². The summed E-state index contributed by atoms with van der Waals surface area (Å²) in [6.45, 7) is 14.2. The van der Waals surface area contributed by atoms with Crippen LogP contribution in [0.1, 0.15) is 107 Å². The summed E-state index contributed by atoms with van der Waals surface area (Å²) in [7, 11) is 1.07. The maximum absolute atomic E-state index is 13.2. The summed E-state index contributed by atoms with van der Waals surface area (Å²) in [4.78, 5) is 13.2. The summed E-state index contributed by atoms with van der Waals surface area (Å²) in [5.41, 5.74) is -2.61. The molecule has 8 fully saturated rings. The van der Waals surface area contributed by atoms with E-state index in [9.17, 15) is 76.3 Å². The van der Waals surface area contributed by atoms with Gasteiger partial charge in [-0.3, -0.25) is 0 Å². The van der Waals surface area contributed by atoms with Gasteiger partial charge in [0, 0.05) is 16.2 Å². The number of aliphatic hydroxyl groups is 14. The number of ether oxygens (including phenoxy) is 9. The molecule has 4 heterocycles. The Labute approximate surface area is 460 Å². The number of fused-ring (bicyclic) bond motifs is 7. The highest BCUT2D eigenvalue weighted by molar-refractivity contribution is 5.75. The van der Waals surface area contributed by atoms with Crippen molar-refractivity contribution in [2.45, 2.75) is 248 Å². The summed E-state index contributed by atoms with van der Waals surface area (Å²) in [5.74, 6) is -1.33. The largest absolute Gasteiger partial charge is 0.467 e. The van der Waals surface area contributed by atoms with Gasteiger partial charge in [0.1, 0.15) is 79.4 Å². The zero-order valence-corrected chi connectivity index (χ0v) is 46.7. The van der Waals surface area contributed by atoms with Crippen LogP contribution in [0.4, 0.5) is 0 Å². The van der Waals surface area contributed by atoms with Gasteiger partial charge in [0.25, 0.3) is 0 Å². The lowest BCUT2D eigenvalue weighted by atomic mass is 9.33. The molecule has 24 heteroatoms. The Morgan fingerprint density at radius 2 is 1.15 bits per heavy atom. The van der Waals surface area contributed by atoms with Crippen molar-refractivity contribution in [1.29, 1.82) is 0 Å². The van der Waals surface area contributed by atoms with E-state index in [0.29, 0.717) is 44.9 Å². The number of aliphatic hydroxyl groups excluding tert-OH is 14. The van der Waals surface area contributed by atoms with Gasteiger partial charge in [-0.15, -0.1) is 0 Å². The van der Waals surface area contributed by atoms with E-state index in [1.807, 2.05) is 13.8 Å². The molecule has 0 radical (unpaired) electrons. The summed E-state index contributed by atoms with van der Waals surface area (Å²) in [6.07, 6.45) is -28.8. The van der Waals surface area contributed by atoms with Crippen molar-refractivity contribution in [1.82, 2.24) is 0 Å². The van der Waals surface area contributed by atoms with Gasteiger partial charge < -0.3 is 114 Å². The predicted octanol–water partition coefficient (Wildman–Crippen LogP) is -2.41. The predicted molar refractivity (Wildman–Crippen MR) is 269 cm³/mol. The maximum atomic E-state index is 13.2. The fraction of sp³-hybridized carbons (Fsp3) is 0.945. The van der Waals surface area contributed by atoms with Crippen molar-refractivity contribution in [3.63, 3.8) is 0 Å². The molecule has 4 saturated heterocycles. The molecule has 0 aromatic rings. The molecule has 0 amide bonds. The Bertz CT molecular complexity index is 2190. The molecule has 4 aliphatic heterocycles. The van der Waals surface area contributed by atoms with Crippen LogP contribution in [0.2, 0.25) is 0 Å². The zero-order valence-electron chi connectivity index (χ0n) is 46.7. The quantitative estimate of drug-likeness (QED) is 0.0550. The van der Waals surface area contributed by atoms with E-state index in [2.05, 4.69) is 33.8 Å². The minimum absolute atomic E-state index is 0.0783. The molecule has 14 N–H and O–H groups in total. The van der Waals surface area contributed by atoms with Crippen LogP contribution in [0.3, 0.4) is 0 Å². The molecule has 5 aliphatic carbocycles. The van der Waals surface area contributed by atoms with Gasteiger partial charge in [0.05, 0.1) is 57.5 Å². The van der Waals surface area contributed by atoms with E-state index in [0.717, 1.165) is 13.5 Å². The lowest BCUT2D eigenvalue weighted by Gasteiger charge is -2.72. The molecule has 9 aliphatic rings. The molecular weight excluding hydrogens is 1040 g/mol. The van der Waals surface area contributed by atoms with Gasteiger partial charge >= 0.3 is 5.97 Å². The van der Waals surface area contributed by atoms with Crippen LogP contribution in [0.15, 0.2) is 11.6 Å². The number of allylic oxidation sites excluding steroid dienone is 2. The van der Waals surface area contributed by atoms with E-state index in [-0.39, 0.29) is 41.8 Å². The first-order valence-corrected chi connectivity index (χ1v) is 28.3. The number of carbonyl (C=O) groups is 1. The average Bonchev–Trinajstić information content (AvgIpc) is 2.74. The molecule has 0 bridgehead atoms. The average molecular weight is 1140 g/mol. The molecule has 454 valence electrons. The molecule has 0 aromatic heterocycles. The van der Waals surface area contributed by atoms with Gasteiger partial charge in [-0.05, 0) is 99.2 Å². The lowest BCUT2D eigenvalue weighted by molar-refractivity contribution is -0.396. The second kappa shape index (κ2) is 22.3. The fourth-order valence-corrected chi connectivity index (χ4v) is 16.8. The van der Waals surface area contributed by atoms with Crippen molar-refractivity contribution in [3.8, 4) is 0 Å². The number of rotatable bonds is 12. The second-order valence-electron chi connectivity index (χ2n) is 26.4. The number of hydrogen-bond donors (Lipinski definition) is 14. The number of esters is 1. The molecule has 9 rings (SSSR count). The second-order valence-corrected chi connectivity index (χ2v) is 26.4. The van der Waals surface area contributed by atoms with Crippen LogP contribution in [0, 0.1) is 50.2 Å². The van der Waals surface area contributed by atoms with E-state index >= 15 is 0 Å². The third-order valence-corrected chi connectivity index (χ3v) is 22.2. The highest BCUT2D eigenvalue weighted by atomic mass is 16.8. The van der Waals surface area contributed by atoms with Gasteiger partial charge in [0.15, 0.2) is 31.3 Å². The molecule has 24 nitrogen and oxygen atoms in total. The van der Waals surface area contributed by atoms with Crippen LogP contribution in [0.25, 0.3) is 0 Å². The van der Waals surface area contributed by atoms with E-state index < -0.39 is 175 Å². The van der Waals surface area contributed by atoms with Crippen molar-refractivity contribution < 1.29 is 119 Å². The van der Waals surface area contributed by atoms with Crippen LogP contribution >= 0.6 is 0 Å². The Hall–Kier alpha value is -1.67. The zero-order chi connectivity index (χ0) is 58.0. The normalized spacial score (nSPS) is 56.7. The molecule has 4 saturated carbocycles. The summed E-state index contributed by atoms with van der Waals surface area (Å²) < 4.78 is 53.9. The summed E-state index contributed by atoms with van der Waals surface area (Å²) in [6, 6.07) is 0. The van der Waals surface area contributed by atoms with Gasteiger partial charge in [-0.2, -0.15) is 0 Å². The third-order valence-electron chi connectivity index (χ3n) is 22.2. The highest BCUT2D eigenvalue weighted by Gasteiger charge is 2.71. The van der Waals surface area contributed by atoms with E-state index in [1.54, 1.807) is 6.92 Å². The molecule has 0 spiro atoms. The minimum atomic E-state index is -2.01. The van der Waals surface area contributed by atoms with Gasteiger partial charge in [-0.1, -0.05) is 53.2 Å². The Balaban J connectivity index is 0.981. The number of carbonyl (C=O) groups excluding carboxylic acids is 1. The Kier molecular flexibility index (Phi) is 17.5. The molecule has 79 heavy (non-hydrogen) atoms. The molecular formula is C55H90O24. The van der Waals surface area contributed by atoms with Gasteiger partial charge in [-0.25, -0.2) is 4.79 Å². The van der Waals surface area contributed by atoms with Crippen LogP contribution in [-0.4, -0.2) is 246 Å². The lowest BCUT2D eigenvalue weighted by Crippen LogP contribution is -2.69. The molecule has 0 unspecified atom stereocenters. The van der Waals surface area contributed by atoms with Crippen molar-refractivity contribution in [2.24, 2.45) is 50.2 Å². The number of methoxy groups -OCH3 is 1. The van der Waals surface area contributed by atoms with Crippen molar-refractivity contribution in [2.75, 3.05) is 26.9 Å². The van der Waals surface area contributed by atoms with Crippen LogP contribution < -0.4 is 0 Å². The van der Waals surface area contributed by atoms with Crippen molar-refractivity contribution in [3.05, 3.63) is 11.6 Å². The SMILES string of the molecule is COC(=O)[C@H]1O[C@@H](O[C@H]2CC[C@@]3(C)[C@@H](CC[C@]4(C)[C@@H]3CC=C3[C@@H]5C[C@@](C)(CO)[C@@H](O[C@@H]6O[C@@H](C)[C@H](O)[C@@H](O)[C@H]6O)[C@@H](O)[C@]5(C)CC[C@]34C)[C@@]2(C)CO)[C@H](O[C@@H]2O[C@H](CO)[C@H](O)[C@H](O)[C@H]2O[C@@H]2O[C@@H](C)[C@H](O)[C@@H](O)[C@H]2O)[C@@H](O)[C@@H]1O. The monoisotopic (exact) mass is 1130 g/mol. The third kappa shape index (κ3) is 9.72. The first-order chi connectivity index (χ1) is 37.0. The highest BCUT2D eigenvalue weighted by Crippen LogP contribution is 2.76. The van der Waals surface area contributed by atoms with Crippen LogP contribution in [-0.2, 0) is 47.4 Å². The maximum Gasteiger partial charge on any atom is 0.337 e. The standard InChI is InChI=1S/C55H90O24/c1-22-30(59)33(62)38(67)46(72-22)77-41-35(64)32(61)26(19-56)74-48(41)78-42-37(66)36(65)40(45(70)71-9)76-49(42)75-29-13-14-52(5)27(53(29,6)21-58)12-15-55(8)28(52)11-10-24-25-18-50(3,20-57)44(43(69)51(25,4)16-17-54(24,55)7)79-47-39(68)34(63)31(60)23(2)73-47/h10,22-23,25-44,46-49,56-69H,11-21H2,1-9H3/t22-,23-,25-,26+,27+,28+,29-,30-,31-,32-,33+,34+,35-,36-,37-,38+,39+,40-,41+,42+,43+,44-,46-,47-,48-,49+,50-,51+,52-,53+,54+,55+/m0/s1. The molecule has 0 aromatic carbocycles. The fourth-order valence-electron chi connectivity index (χ4n) is 16.8. The van der Waals surface area contributed by atoms with Crippen LogP contribution in [0.5, 0.6) is 0 Å². The first-order valence-electron chi connectivity index (χ1n) is 28.3. The Morgan fingerprint density at radius 3 is 1.72 bits per heavy atom. The topological polar surface area (TPSA) is 383 Å².